The summed E-state index contributed by atoms with van der Waals surface area (Å²) in [6, 6.07) is 15.2. The molecule has 3 aromatic heterocycles. The van der Waals surface area contributed by atoms with E-state index in [9.17, 15) is 9.59 Å². The molecule has 0 aliphatic heterocycles. The number of hydrogen-bond acceptors (Lipinski definition) is 4. The van der Waals surface area contributed by atoms with Crippen molar-refractivity contribution in [1.29, 1.82) is 0 Å². The molecule has 5 aromatic rings. The lowest BCUT2D eigenvalue weighted by molar-refractivity contribution is 0.0994. The minimum absolute atomic E-state index is 0.157. The first kappa shape index (κ1) is 19.2. The fourth-order valence-electron chi connectivity index (χ4n) is 4.48. The maximum absolute atomic E-state index is 13.3. The molecule has 0 bridgehead atoms. The highest BCUT2D eigenvalue weighted by atomic mass is 16.1. The zero-order valence-corrected chi connectivity index (χ0v) is 17.9. The van der Waals surface area contributed by atoms with E-state index in [0.717, 1.165) is 49.9 Å². The van der Waals surface area contributed by atoms with Gasteiger partial charge in [-0.1, -0.05) is 11.8 Å². The fraction of sp³-hybridized carbons (Fsp3) is 0.111. The predicted octanol–water partition coefficient (Wildman–Crippen LogP) is 3.80. The molecule has 0 saturated heterocycles. The van der Waals surface area contributed by atoms with Crippen LogP contribution in [0, 0.1) is 11.8 Å². The molecule has 3 heterocycles. The number of benzene rings is 2. The topological polar surface area (TPSA) is 69.8 Å². The van der Waals surface area contributed by atoms with E-state index in [1.54, 1.807) is 34.8 Å². The van der Waals surface area contributed by atoms with E-state index in [1.807, 2.05) is 48.5 Å². The standard InChI is InChI=1S/C27H18N4O2/c1-30-24-16-29-23-10-6-17(4-5-18-3-2-12-28-15-18)13-22(23)26(24)31(27(30)33)20-8-9-21-19(14-20)7-11-25(21)32/h2-3,6,8-10,12-16H,7,11H2,1H3. The number of carbonyl (C=O) groups is 1. The Morgan fingerprint density at radius 1 is 0.939 bits per heavy atom. The van der Waals surface area contributed by atoms with Crippen LogP contribution in [0.5, 0.6) is 0 Å². The molecule has 2 aromatic carbocycles. The minimum Gasteiger partial charge on any atom is -0.294 e. The highest BCUT2D eigenvalue weighted by molar-refractivity contribution is 6.04. The van der Waals surface area contributed by atoms with Crippen LogP contribution >= 0.6 is 0 Å². The molecule has 158 valence electrons. The van der Waals surface area contributed by atoms with Gasteiger partial charge in [-0.3, -0.25) is 23.9 Å². The molecular weight excluding hydrogens is 412 g/mol. The summed E-state index contributed by atoms with van der Waals surface area (Å²) in [6.45, 7) is 0. The Kier molecular flexibility index (Phi) is 4.24. The maximum Gasteiger partial charge on any atom is 0.333 e. The molecule has 6 nitrogen and oxygen atoms in total. The third-order valence-corrected chi connectivity index (χ3v) is 6.16. The number of fused-ring (bicyclic) bond motifs is 4. The molecule has 0 unspecified atom stereocenters. The molecule has 0 atom stereocenters. The Labute approximate surface area is 189 Å². The Hall–Kier alpha value is -4.50. The number of imidazole rings is 1. The molecule has 6 heteroatoms. The van der Waals surface area contributed by atoms with E-state index in [-0.39, 0.29) is 11.5 Å². The van der Waals surface area contributed by atoms with Crippen molar-refractivity contribution in [3.05, 3.63) is 99.9 Å². The van der Waals surface area contributed by atoms with E-state index in [2.05, 4.69) is 21.8 Å². The first-order valence-corrected chi connectivity index (χ1v) is 10.7. The van der Waals surface area contributed by atoms with Gasteiger partial charge in [-0.25, -0.2) is 4.79 Å². The number of Topliss-reactive ketones (excluding diaryl/α,β-unsaturated/α-hetero) is 1. The lowest BCUT2D eigenvalue weighted by Crippen LogP contribution is -2.21. The normalized spacial score (nSPS) is 12.7. The molecule has 0 amide bonds. The van der Waals surface area contributed by atoms with Crippen LogP contribution in [0.25, 0.3) is 27.6 Å². The van der Waals surface area contributed by atoms with E-state index in [1.165, 1.54) is 0 Å². The Balaban J connectivity index is 1.59. The molecule has 0 spiro atoms. The van der Waals surface area contributed by atoms with Crippen LogP contribution < -0.4 is 5.69 Å². The predicted molar refractivity (Wildman–Crippen MR) is 127 cm³/mol. The molecule has 1 aliphatic carbocycles. The van der Waals surface area contributed by atoms with Crippen LogP contribution in [0.1, 0.15) is 33.5 Å². The van der Waals surface area contributed by atoms with Crippen molar-refractivity contribution < 1.29 is 4.79 Å². The van der Waals surface area contributed by atoms with Crippen molar-refractivity contribution >= 4 is 27.7 Å². The van der Waals surface area contributed by atoms with Crippen LogP contribution in [-0.2, 0) is 13.5 Å². The number of nitrogens with zero attached hydrogens (tertiary/aromatic N) is 4. The van der Waals surface area contributed by atoms with E-state index in [0.29, 0.717) is 12.8 Å². The third kappa shape index (κ3) is 3.06. The van der Waals surface area contributed by atoms with Gasteiger partial charge in [0, 0.05) is 47.9 Å². The Morgan fingerprint density at radius 2 is 1.82 bits per heavy atom. The quantitative estimate of drug-likeness (QED) is 0.379. The summed E-state index contributed by atoms with van der Waals surface area (Å²) in [7, 11) is 1.75. The summed E-state index contributed by atoms with van der Waals surface area (Å²) in [6.07, 6.45) is 6.40. The van der Waals surface area contributed by atoms with Gasteiger partial charge in [0.15, 0.2) is 5.78 Å². The molecule has 0 saturated carbocycles. The highest BCUT2D eigenvalue weighted by Crippen LogP contribution is 2.29. The SMILES string of the molecule is Cn1c(=O)n(-c2ccc3c(c2)CCC3=O)c2c3cc(C#Cc4cccnc4)ccc3ncc21. The summed E-state index contributed by atoms with van der Waals surface area (Å²) in [5, 5.41) is 0.847. The van der Waals surface area contributed by atoms with Crippen molar-refractivity contribution in [3.63, 3.8) is 0 Å². The zero-order valence-electron chi connectivity index (χ0n) is 17.9. The second-order valence-corrected chi connectivity index (χ2v) is 8.16. The molecule has 6 rings (SSSR count). The molecule has 0 radical (unpaired) electrons. The highest BCUT2D eigenvalue weighted by Gasteiger charge is 2.22. The number of aromatic nitrogens is 4. The summed E-state index contributed by atoms with van der Waals surface area (Å²) in [4.78, 5) is 34.0. The molecule has 0 N–H and O–H groups in total. The largest absolute Gasteiger partial charge is 0.333 e. The number of carbonyl (C=O) groups excluding carboxylic acids is 1. The Bertz CT molecular complexity index is 1720. The summed E-state index contributed by atoms with van der Waals surface area (Å²) in [5.74, 6) is 6.48. The zero-order chi connectivity index (χ0) is 22.5. The summed E-state index contributed by atoms with van der Waals surface area (Å²) >= 11 is 0. The van der Waals surface area contributed by atoms with Gasteiger partial charge < -0.3 is 0 Å². The van der Waals surface area contributed by atoms with Gasteiger partial charge >= 0.3 is 5.69 Å². The number of ketones is 1. The van der Waals surface area contributed by atoms with Gasteiger partial charge in [-0.05, 0) is 60.5 Å². The maximum atomic E-state index is 13.3. The van der Waals surface area contributed by atoms with E-state index >= 15 is 0 Å². The van der Waals surface area contributed by atoms with Crippen LogP contribution in [0.15, 0.2) is 71.9 Å². The third-order valence-electron chi connectivity index (χ3n) is 6.16. The fourth-order valence-corrected chi connectivity index (χ4v) is 4.48. The van der Waals surface area contributed by atoms with Crippen molar-refractivity contribution in [2.75, 3.05) is 0 Å². The van der Waals surface area contributed by atoms with E-state index in [4.69, 9.17) is 0 Å². The van der Waals surface area contributed by atoms with Crippen molar-refractivity contribution in [2.24, 2.45) is 7.05 Å². The number of hydrogen-bond donors (Lipinski definition) is 0. The van der Waals surface area contributed by atoms with Crippen LogP contribution in [0.3, 0.4) is 0 Å². The number of rotatable bonds is 1. The van der Waals surface area contributed by atoms with Crippen molar-refractivity contribution in [3.8, 4) is 17.5 Å². The van der Waals surface area contributed by atoms with Gasteiger partial charge in [0.2, 0.25) is 0 Å². The first-order chi connectivity index (χ1) is 16.1. The van der Waals surface area contributed by atoms with Gasteiger partial charge in [-0.2, -0.15) is 0 Å². The second-order valence-electron chi connectivity index (χ2n) is 8.16. The molecular formula is C27H18N4O2. The van der Waals surface area contributed by atoms with E-state index < -0.39 is 0 Å². The lowest BCUT2D eigenvalue weighted by Gasteiger charge is -2.08. The first-order valence-electron chi connectivity index (χ1n) is 10.7. The minimum atomic E-state index is -0.157. The second kappa shape index (κ2) is 7.28. The van der Waals surface area contributed by atoms with Gasteiger partial charge in [-0.15, -0.1) is 0 Å². The smallest absolute Gasteiger partial charge is 0.294 e. The molecule has 0 fully saturated rings. The van der Waals surface area contributed by atoms with Crippen molar-refractivity contribution in [1.82, 2.24) is 19.1 Å². The number of aryl methyl sites for hydroxylation is 2. The van der Waals surface area contributed by atoms with Gasteiger partial charge in [0.25, 0.3) is 0 Å². The van der Waals surface area contributed by atoms with Gasteiger partial charge in [0.05, 0.1) is 28.4 Å². The molecule has 33 heavy (non-hydrogen) atoms. The van der Waals surface area contributed by atoms with Crippen molar-refractivity contribution in [2.45, 2.75) is 12.8 Å². The summed E-state index contributed by atoms with van der Waals surface area (Å²) in [5.41, 5.74) is 6.29. The average Bonchev–Trinajstić information content (AvgIpc) is 3.35. The lowest BCUT2D eigenvalue weighted by atomic mass is 10.1. The molecule has 1 aliphatic rings. The van der Waals surface area contributed by atoms with Gasteiger partial charge in [0.1, 0.15) is 0 Å². The summed E-state index contributed by atoms with van der Waals surface area (Å²) < 4.78 is 3.31. The number of pyridine rings is 2. The van der Waals surface area contributed by atoms with Crippen LogP contribution in [0.4, 0.5) is 0 Å². The average molecular weight is 430 g/mol. The van der Waals surface area contributed by atoms with Crippen LogP contribution in [0.2, 0.25) is 0 Å². The Morgan fingerprint density at radius 3 is 2.67 bits per heavy atom. The van der Waals surface area contributed by atoms with Crippen LogP contribution in [-0.4, -0.2) is 24.9 Å². The monoisotopic (exact) mass is 430 g/mol.